The van der Waals surface area contributed by atoms with Gasteiger partial charge in [-0.1, -0.05) is 0 Å². The van der Waals surface area contributed by atoms with Gasteiger partial charge in [-0.05, 0) is 6.92 Å². The third kappa shape index (κ3) is 143000. The molecule has 0 fully saturated rings. The van der Waals surface area contributed by atoms with Gasteiger partial charge in [-0.3, -0.25) is 5.41 Å². The second-order valence-corrected chi connectivity index (χ2v) is 0.683. The molecule has 0 amide bonds. The van der Waals surface area contributed by atoms with Gasteiger partial charge in [0.15, 0.2) is 0 Å². The van der Waals surface area contributed by atoms with Gasteiger partial charge in [-0.2, -0.15) is 0 Å². The van der Waals surface area contributed by atoms with Gasteiger partial charge in [0.2, 0.25) is 0 Å². The maximum absolute atomic E-state index is 6.28. The van der Waals surface area contributed by atoms with Crippen LogP contribution in [0.25, 0.3) is 0 Å². The Balaban J connectivity index is 0. The molecule has 0 aromatic heterocycles. The Morgan fingerprint density at radius 1 is 1.80 bits per heavy atom. The van der Waals surface area contributed by atoms with Crippen LogP contribution in [0.3, 0.4) is 0 Å². The van der Waals surface area contributed by atoms with E-state index in [2.05, 4.69) is 0 Å². The predicted octanol–water partition coefficient (Wildman–Crippen LogP) is -0.0602. The van der Waals surface area contributed by atoms with Crippen molar-refractivity contribution in [2.45, 2.75) is 6.92 Å². The number of rotatable bonds is 0. The summed E-state index contributed by atoms with van der Waals surface area (Å²) >= 11 is 0. The predicted molar refractivity (Wildman–Crippen MR) is 17.6 cm³/mol. The van der Waals surface area contributed by atoms with E-state index in [9.17, 15) is 0 Å². The first-order valence-electron chi connectivity index (χ1n) is 1.04. The minimum Gasteiger partial charge on any atom is -0.388 e. The third-order valence-electron chi connectivity index (χ3n) is 0. The second-order valence-electron chi connectivity index (χ2n) is 0.683. The normalized spacial score (nSPS) is 5.00. The van der Waals surface area contributed by atoms with E-state index in [1.807, 2.05) is 0 Å². The van der Waals surface area contributed by atoms with Gasteiger partial charge in [-0.15, -0.1) is 0 Å². The molecule has 0 unspecified atom stereocenters. The Kier molecular flexibility index (Phi) is 7.09. The molecule has 31 valence electrons. The molecule has 0 aliphatic heterocycles. The van der Waals surface area contributed by atoms with Crippen LogP contribution in [0, 0.1) is 5.41 Å². The van der Waals surface area contributed by atoms with Crippen molar-refractivity contribution in [3.05, 3.63) is 0 Å². The zero-order valence-corrected chi connectivity index (χ0v) is 4.14. The van der Waals surface area contributed by atoms with Crippen LogP contribution in [0.5, 0.6) is 0 Å². The van der Waals surface area contributed by atoms with E-state index in [1.54, 1.807) is 0 Å². The van der Waals surface area contributed by atoms with Crippen LogP contribution >= 0.6 is 0 Å². The summed E-state index contributed by atoms with van der Waals surface area (Å²) in [7, 11) is 0. The van der Waals surface area contributed by atoms with Crippen LogP contribution < -0.4 is 5.73 Å². The molecule has 0 atom stereocenters. The molecule has 0 spiro atoms. The summed E-state index contributed by atoms with van der Waals surface area (Å²) in [6.45, 7) is 1.53. The Morgan fingerprint density at radius 2 is 1.80 bits per heavy atom. The molecule has 1 radical (unpaired) electrons. The largest absolute Gasteiger partial charge is 0.388 e. The molecule has 0 aromatic carbocycles. The van der Waals surface area contributed by atoms with E-state index in [0.29, 0.717) is 0 Å². The average molecular weight is 113 g/mol. The van der Waals surface area contributed by atoms with Gasteiger partial charge in [0.1, 0.15) is 0 Å². The van der Waals surface area contributed by atoms with E-state index >= 15 is 0 Å². The van der Waals surface area contributed by atoms with Gasteiger partial charge < -0.3 is 5.73 Å². The SMILES string of the molecule is CC(=N)N.[Mn]. The summed E-state index contributed by atoms with van der Waals surface area (Å²) in [6.07, 6.45) is 0. The van der Waals surface area contributed by atoms with Crippen molar-refractivity contribution < 1.29 is 17.1 Å². The van der Waals surface area contributed by atoms with Gasteiger partial charge >= 0.3 is 0 Å². The van der Waals surface area contributed by atoms with Crippen molar-refractivity contribution in [2.75, 3.05) is 0 Å². The van der Waals surface area contributed by atoms with E-state index in [1.165, 1.54) is 6.92 Å². The number of nitrogens with one attached hydrogen (secondary N) is 1. The summed E-state index contributed by atoms with van der Waals surface area (Å²) in [5.74, 6) is 0.167. The summed E-state index contributed by atoms with van der Waals surface area (Å²) in [5.41, 5.74) is 4.69. The molecule has 0 aliphatic carbocycles. The third-order valence-corrected chi connectivity index (χ3v) is 0. The van der Waals surface area contributed by atoms with E-state index in [0.717, 1.165) is 0 Å². The van der Waals surface area contributed by atoms with Gasteiger partial charge in [0, 0.05) is 17.1 Å². The van der Waals surface area contributed by atoms with Gasteiger partial charge in [0.05, 0.1) is 5.84 Å². The molecule has 0 aliphatic rings. The van der Waals surface area contributed by atoms with Gasteiger partial charge in [0.25, 0.3) is 0 Å². The molecule has 3 N–H and O–H groups in total. The standard InChI is InChI=1S/C2H6N2.Mn/c1-2(3)4;/h1H3,(H3,3,4);. The summed E-state index contributed by atoms with van der Waals surface area (Å²) < 4.78 is 0. The summed E-state index contributed by atoms with van der Waals surface area (Å²) in [4.78, 5) is 0. The van der Waals surface area contributed by atoms with Crippen LogP contribution in [-0.4, -0.2) is 5.84 Å². The summed E-state index contributed by atoms with van der Waals surface area (Å²) in [5, 5.41) is 6.28. The van der Waals surface area contributed by atoms with Crippen molar-refractivity contribution in [3.63, 3.8) is 0 Å². The van der Waals surface area contributed by atoms with Crippen LogP contribution in [0.2, 0.25) is 0 Å². The average Bonchev–Trinajstić information content (AvgIpc) is 0.811. The molecular weight excluding hydrogens is 107 g/mol. The molecule has 0 bridgehead atoms. The van der Waals surface area contributed by atoms with Crippen molar-refractivity contribution in [1.29, 1.82) is 5.41 Å². The Labute approximate surface area is 41.7 Å². The molecule has 0 heterocycles. The number of hydrogen-bond donors (Lipinski definition) is 2. The van der Waals surface area contributed by atoms with Crippen LogP contribution in [0.1, 0.15) is 6.92 Å². The number of hydrogen-bond acceptors (Lipinski definition) is 1. The van der Waals surface area contributed by atoms with E-state index in [-0.39, 0.29) is 22.9 Å². The Morgan fingerprint density at radius 3 is 1.80 bits per heavy atom. The quantitative estimate of drug-likeness (QED) is 0.258. The first kappa shape index (κ1) is 8.89. The second kappa shape index (κ2) is 3.99. The van der Waals surface area contributed by atoms with E-state index in [4.69, 9.17) is 11.1 Å². The molecule has 0 aromatic rings. The van der Waals surface area contributed by atoms with Crippen LogP contribution in [0.15, 0.2) is 0 Å². The van der Waals surface area contributed by atoms with Crippen LogP contribution in [0.4, 0.5) is 0 Å². The molecule has 0 saturated carbocycles. The zero-order chi connectivity index (χ0) is 3.58. The van der Waals surface area contributed by atoms with Crippen molar-refractivity contribution in [3.8, 4) is 0 Å². The minimum atomic E-state index is 0. The minimum absolute atomic E-state index is 0. The number of nitrogens with two attached hydrogens (primary N) is 1. The number of amidine groups is 1. The van der Waals surface area contributed by atoms with Crippen molar-refractivity contribution in [2.24, 2.45) is 5.73 Å². The van der Waals surface area contributed by atoms with Crippen LogP contribution in [-0.2, 0) is 17.1 Å². The Bertz CT molecular complexity index is 30.6. The topological polar surface area (TPSA) is 49.9 Å². The zero-order valence-electron chi connectivity index (χ0n) is 2.96. The molecule has 2 nitrogen and oxygen atoms in total. The molecule has 0 rings (SSSR count). The van der Waals surface area contributed by atoms with Crippen molar-refractivity contribution in [1.82, 2.24) is 0 Å². The fourth-order valence-electron chi connectivity index (χ4n) is 0. The maximum Gasteiger partial charge on any atom is 0.0873 e. The maximum atomic E-state index is 6.28. The fraction of sp³-hybridized carbons (Fsp3) is 0.500. The Hall–Kier alpha value is -0.0105. The molecular formula is C2H6MnN2. The fourth-order valence-corrected chi connectivity index (χ4v) is 0. The van der Waals surface area contributed by atoms with Crippen molar-refractivity contribution >= 4 is 5.84 Å². The monoisotopic (exact) mass is 113 g/mol. The van der Waals surface area contributed by atoms with E-state index < -0.39 is 0 Å². The smallest absolute Gasteiger partial charge is 0.0873 e. The molecule has 5 heavy (non-hydrogen) atoms. The molecule has 0 saturated heterocycles. The first-order chi connectivity index (χ1) is 1.73. The molecule has 3 heteroatoms. The summed E-state index contributed by atoms with van der Waals surface area (Å²) in [6, 6.07) is 0. The van der Waals surface area contributed by atoms with Gasteiger partial charge in [-0.25, -0.2) is 0 Å². The first-order valence-corrected chi connectivity index (χ1v) is 1.04.